The number of hydrogen-bond donors (Lipinski definition) is 2. The van der Waals surface area contributed by atoms with E-state index in [1.165, 1.54) is 37.0 Å². The number of urea groups is 1. The highest BCUT2D eigenvalue weighted by atomic mass is 35.5. The quantitative estimate of drug-likeness (QED) is 0.741. The van der Waals surface area contributed by atoms with Crippen LogP contribution < -0.4 is 15.5 Å². The summed E-state index contributed by atoms with van der Waals surface area (Å²) in [5.41, 5.74) is 0.457. The molecule has 1 aliphatic heterocycles. The maximum atomic E-state index is 12.3. The molecule has 1 aliphatic rings. The molecule has 2 N–H and O–H groups in total. The number of rotatable bonds is 4. The van der Waals surface area contributed by atoms with Crippen LogP contribution in [-0.4, -0.2) is 41.9 Å². The predicted octanol–water partition coefficient (Wildman–Crippen LogP) is 4.00. The number of methoxy groups -OCH3 is 1. The van der Waals surface area contributed by atoms with Crippen molar-refractivity contribution in [3.05, 3.63) is 28.8 Å². The van der Waals surface area contributed by atoms with Crippen molar-refractivity contribution in [1.82, 2.24) is 10.2 Å². The van der Waals surface area contributed by atoms with Crippen LogP contribution in [-0.2, 0) is 4.74 Å². The number of halogens is 1. The zero-order chi connectivity index (χ0) is 19.4. The second kappa shape index (κ2) is 8.53. The molecule has 1 atom stereocenters. The van der Waals surface area contributed by atoms with E-state index in [1.54, 1.807) is 6.07 Å². The average molecular weight is 410 g/mol. The Morgan fingerprint density at radius 1 is 1.30 bits per heavy atom. The molecule has 3 rings (SSSR count). The summed E-state index contributed by atoms with van der Waals surface area (Å²) < 4.78 is 4.72. The van der Waals surface area contributed by atoms with Gasteiger partial charge >= 0.3 is 12.0 Å². The Labute approximate surface area is 165 Å². The first kappa shape index (κ1) is 19.4. The Bertz CT molecular complexity index is 844. The minimum absolute atomic E-state index is 0.206. The normalized spacial score (nSPS) is 16.7. The van der Waals surface area contributed by atoms with Gasteiger partial charge in [0, 0.05) is 17.6 Å². The summed E-state index contributed by atoms with van der Waals surface area (Å²) in [4.78, 5) is 26.4. The molecule has 1 fully saturated rings. The zero-order valence-electron chi connectivity index (χ0n) is 15.0. The molecule has 0 spiro atoms. The van der Waals surface area contributed by atoms with Gasteiger partial charge in [0.2, 0.25) is 10.3 Å². The van der Waals surface area contributed by atoms with E-state index >= 15 is 0 Å². The van der Waals surface area contributed by atoms with Crippen molar-refractivity contribution in [1.29, 1.82) is 0 Å². The molecule has 1 aromatic carbocycles. The molecule has 27 heavy (non-hydrogen) atoms. The number of carbonyl (C=O) groups is 2. The lowest BCUT2D eigenvalue weighted by Gasteiger charge is -2.32. The fourth-order valence-electron chi connectivity index (χ4n) is 2.92. The van der Waals surface area contributed by atoms with Crippen molar-refractivity contribution < 1.29 is 14.3 Å². The molecule has 2 heterocycles. The summed E-state index contributed by atoms with van der Waals surface area (Å²) >= 11 is 7.28. The van der Waals surface area contributed by atoms with Crippen LogP contribution in [0.5, 0.6) is 0 Å². The van der Waals surface area contributed by atoms with E-state index in [2.05, 4.69) is 32.7 Å². The molecule has 0 bridgehead atoms. The number of amides is 2. The largest absolute Gasteiger partial charge is 0.465 e. The van der Waals surface area contributed by atoms with Crippen LogP contribution in [0.1, 0.15) is 36.5 Å². The van der Waals surface area contributed by atoms with Gasteiger partial charge in [-0.05, 0) is 44.4 Å². The van der Waals surface area contributed by atoms with Gasteiger partial charge in [-0.25, -0.2) is 9.59 Å². The van der Waals surface area contributed by atoms with E-state index in [0.29, 0.717) is 16.2 Å². The third-order valence-corrected chi connectivity index (χ3v) is 5.43. The van der Waals surface area contributed by atoms with E-state index in [4.69, 9.17) is 16.3 Å². The molecule has 144 valence electrons. The lowest BCUT2D eigenvalue weighted by molar-refractivity contribution is 0.0602. The van der Waals surface area contributed by atoms with E-state index in [0.717, 1.165) is 24.5 Å². The van der Waals surface area contributed by atoms with Gasteiger partial charge in [-0.2, -0.15) is 0 Å². The molecule has 8 nitrogen and oxygen atoms in total. The maximum absolute atomic E-state index is 12.3. The first-order valence-corrected chi connectivity index (χ1v) is 9.73. The predicted molar refractivity (Wildman–Crippen MR) is 106 cm³/mol. The number of benzene rings is 1. The minimum Gasteiger partial charge on any atom is -0.465 e. The van der Waals surface area contributed by atoms with E-state index in [9.17, 15) is 9.59 Å². The fourth-order valence-corrected chi connectivity index (χ4v) is 3.96. The molecule has 1 aromatic heterocycles. The number of hydrogen-bond acceptors (Lipinski definition) is 7. The third-order valence-electron chi connectivity index (χ3n) is 4.32. The molecular weight excluding hydrogens is 390 g/mol. The molecule has 0 saturated carbocycles. The monoisotopic (exact) mass is 409 g/mol. The van der Waals surface area contributed by atoms with Gasteiger partial charge in [-0.15, -0.1) is 10.2 Å². The van der Waals surface area contributed by atoms with Gasteiger partial charge in [0.05, 0.1) is 18.4 Å². The summed E-state index contributed by atoms with van der Waals surface area (Å²) in [6.45, 7) is 3.10. The van der Waals surface area contributed by atoms with E-state index in [1.807, 2.05) is 0 Å². The Hall–Kier alpha value is -2.39. The fraction of sp³-hybridized carbons (Fsp3) is 0.412. The van der Waals surface area contributed by atoms with Crippen LogP contribution >= 0.6 is 22.9 Å². The van der Waals surface area contributed by atoms with Crippen molar-refractivity contribution in [2.24, 2.45) is 0 Å². The Morgan fingerprint density at radius 2 is 2.11 bits per heavy atom. The van der Waals surface area contributed by atoms with Gasteiger partial charge < -0.3 is 15.0 Å². The van der Waals surface area contributed by atoms with Gasteiger partial charge in [-0.1, -0.05) is 22.9 Å². The van der Waals surface area contributed by atoms with Gasteiger partial charge in [0.15, 0.2) is 0 Å². The van der Waals surface area contributed by atoms with Crippen molar-refractivity contribution >= 4 is 50.9 Å². The Balaban J connectivity index is 1.68. The van der Waals surface area contributed by atoms with Crippen LogP contribution in [0.15, 0.2) is 18.2 Å². The standard InChI is InChI=1S/C17H20ClN5O3S/c1-10-5-3-4-8-23(10)17-22-21-16(27-17)20-15(25)19-13-9-11(18)6-7-12(13)14(24)26-2/h6-7,9-10H,3-5,8H2,1-2H3,(H2,19,20,21,25)/t10-/m1/s1. The Morgan fingerprint density at radius 3 is 2.85 bits per heavy atom. The van der Waals surface area contributed by atoms with Gasteiger partial charge in [0.25, 0.3) is 0 Å². The summed E-state index contributed by atoms with van der Waals surface area (Å²) in [5, 5.41) is 15.0. The molecule has 0 unspecified atom stereocenters. The van der Waals surface area contributed by atoms with Crippen molar-refractivity contribution in [2.45, 2.75) is 32.2 Å². The average Bonchev–Trinajstić information content (AvgIpc) is 3.09. The SMILES string of the molecule is COC(=O)c1ccc(Cl)cc1NC(=O)Nc1nnc(N2CCCC[C@H]2C)s1. The number of carbonyl (C=O) groups excluding carboxylic acids is 2. The third kappa shape index (κ3) is 4.67. The van der Waals surface area contributed by atoms with Crippen molar-refractivity contribution in [3.63, 3.8) is 0 Å². The molecule has 2 aromatic rings. The highest BCUT2D eigenvalue weighted by Gasteiger charge is 2.22. The van der Waals surface area contributed by atoms with Crippen LogP contribution in [0.4, 0.5) is 20.7 Å². The molecule has 0 aliphatic carbocycles. The number of ether oxygens (including phenoxy) is 1. The smallest absolute Gasteiger partial charge is 0.339 e. The molecule has 10 heteroatoms. The zero-order valence-corrected chi connectivity index (χ0v) is 16.6. The number of nitrogens with zero attached hydrogens (tertiary/aromatic N) is 3. The van der Waals surface area contributed by atoms with Crippen LogP contribution in [0.25, 0.3) is 0 Å². The van der Waals surface area contributed by atoms with Gasteiger partial charge in [0.1, 0.15) is 0 Å². The molecular formula is C17H20ClN5O3S. The second-order valence-electron chi connectivity index (χ2n) is 6.19. The highest BCUT2D eigenvalue weighted by molar-refractivity contribution is 7.19. The highest BCUT2D eigenvalue weighted by Crippen LogP contribution is 2.30. The number of piperidine rings is 1. The minimum atomic E-state index is -0.570. The number of nitrogens with one attached hydrogen (secondary N) is 2. The number of aromatic nitrogens is 2. The lowest BCUT2D eigenvalue weighted by atomic mass is 10.1. The molecule has 2 amide bonds. The van der Waals surface area contributed by atoms with E-state index in [-0.39, 0.29) is 11.3 Å². The summed E-state index contributed by atoms with van der Waals surface area (Å²) in [7, 11) is 1.27. The molecule has 0 radical (unpaired) electrons. The van der Waals surface area contributed by atoms with Crippen molar-refractivity contribution in [3.8, 4) is 0 Å². The van der Waals surface area contributed by atoms with Crippen molar-refractivity contribution in [2.75, 3.05) is 29.2 Å². The summed E-state index contributed by atoms with van der Waals surface area (Å²) in [6, 6.07) is 4.38. The Kier molecular flexibility index (Phi) is 6.12. The summed E-state index contributed by atoms with van der Waals surface area (Å²) in [6.07, 6.45) is 3.46. The summed E-state index contributed by atoms with van der Waals surface area (Å²) in [5.74, 6) is -0.570. The topological polar surface area (TPSA) is 96.4 Å². The maximum Gasteiger partial charge on any atom is 0.339 e. The van der Waals surface area contributed by atoms with Crippen LogP contribution in [0.3, 0.4) is 0 Å². The second-order valence-corrected chi connectivity index (χ2v) is 7.58. The van der Waals surface area contributed by atoms with E-state index < -0.39 is 12.0 Å². The number of esters is 1. The first-order valence-electron chi connectivity index (χ1n) is 8.54. The van der Waals surface area contributed by atoms with Crippen LogP contribution in [0.2, 0.25) is 5.02 Å². The van der Waals surface area contributed by atoms with Gasteiger partial charge in [-0.3, -0.25) is 5.32 Å². The first-order chi connectivity index (χ1) is 13.0. The number of anilines is 3. The lowest BCUT2D eigenvalue weighted by Crippen LogP contribution is -2.37. The van der Waals surface area contributed by atoms with Crippen LogP contribution in [0, 0.1) is 0 Å². The molecule has 1 saturated heterocycles.